The number of ether oxygens (including phenoxy) is 2. The van der Waals surface area contributed by atoms with Gasteiger partial charge in [-0.1, -0.05) is 6.07 Å². The fourth-order valence-electron chi connectivity index (χ4n) is 2.67. The Kier molecular flexibility index (Phi) is 3.37. The Balaban J connectivity index is 1.63. The molecule has 3 rings (SSSR count). The molecular weight excluding hydrogens is 242 g/mol. The maximum Gasteiger partial charge on any atom is 0.161 e. The Morgan fingerprint density at radius 2 is 1.95 bits per heavy atom. The topological polar surface area (TPSA) is 41.9 Å². The normalized spacial score (nSPS) is 19.5. The summed E-state index contributed by atoms with van der Waals surface area (Å²) in [5.41, 5.74) is 1.39. The van der Waals surface area contributed by atoms with Gasteiger partial charge in [-0.3, -0.25) is 0 Å². The predicted octanol–water partition coefficient (Wildman–Crippen LogP) is 1.66. The number of aliphatic hydroxyl groups is 1. The third-order valence-corrected chi connectivity index (χ3v) is 3.96. The molecule has 0 saturated heterocycles. The van der Waals surface area contributed by atoms with Crippen molar-refractivity contribution in [3.8, 4) is 11.5 Å². The lowest BCUT2D eigenvalue weighted by molar-refractivity contribution is 0.159. The van der Waals surface area contributed by atoms with Gasteiger partial charge in [-0.2, -0.15) is 0 Å². The van der Waals surface area contributed by atoms with Crippen LogP contribution in [0.25, 0.3) is 0 Å². The van der Waals surface area contributed by atoms with Crippen molar-refractivity contribution in [3.63, 3.8) is 0 Å². The van der Waals surface area contributed by atoms with Crippen molar-refractivity contribution in [1.82, 2.24) is 4.90 Å². The Morgan fingerprint density at radius 1 is 1.21 bits per heavy atom. The SMILES string of the molecule is CN(Cc1ccc2c(c1)OCCO2)CC1(CO)CC1. The molecule has 0 unspecified atom stereocenters. The number of fused-ring (bicyclic) bond motifs is 1. The van der Waals surface area contributed by atoms with Crippen LogP contribution in [0.1, 0.15) is 18.4 Å². The van der Waals surface area contributed by atoms with Crippen molar-refractivity contribution >= 4 is 0 Å². The highest BCUT2D eigenvalue weighted by molar-refractivity contribution is 5.43. The van der Waals surface area contributed by atoms with Gasteiger partial charge in [-0.05, 0) is 37.6 Å². The number of rotatable bonds is 5. The molecule has 104 valence electrons. The first-order valence-electron chi connectivity index (χ1n) is 6.89. The van der Waals surface area contributed by atoms with Gasteiger partial charge in [-0.25, -0.2) is 0 Å². The summed E-state index contributed by atoms with van der Waals surface area (Å²) in [5.74, 6) is 1.69. The molecule has 0 atom stereocenters. The van der Waals surface area contributed by atoms with E-state index >= 15 is 0 Å². The number of benzene rings is 1. The van der Waals surface area contributed by atoms with Crippen molar-refractivity contribution in [2.45, 2.75) is 19.4 Å². The Labute approximate surface area is 113 Å². The van der Waals surface area contributed by atoms with Crippen molar-refractivity contribution in [2.75, 3.05) is 33.4 Å². The lowest BCUT2D eigenvalue weighted by Gasteiger charge is -2.23. The Morgan fingerprint density at radius 3 is 2.63 bits per heavy atom. The minimum atomic E-state index is 0.169. The van der Waals surface area contributed by atoms with Crippen molar-refractivity contribution < 1.29 is 14.6 Å². The third kappa shape index (κ3) is 2.85. The van der Waals surface area contributed by atoms with E-state index in [0.717, 1.165) is 37.4 Å². The molecule has 0 bridgehead atoms. The van der Waals surface area contributed by atoms with Gasteiger partial charge in [-0.15, -0.1) is 0 Å². The molecule has 1 aromatic rings. The van der Waals surface area contributed by atoms with Crippen LogP contribution in [-0.2, 0) is 6.54 Å². The molecule has 4 nitrogen and oxygen atoms in total. The van der Waals surface area contributed by atoms with Gasteiger partial charge in [0.25, 0.3) is 0 Å². The van der Waals surface area contributed by atoms with Gasteiger partial charge in [0.1, 0.15) is 13.2 Å². The van der Waals surface area contributed by atoms with Crippen LogP contribution in [0.4, 0.5) is 0 Å². The van der Waals surface area contributed by atoms with Gasteiger partial charge in [0, 0.05) is 25.1 Å². The van der Waals surface area contributed by atoms with E-state index in [4.69, 9.17) is 9.47 Å². The zero-order valence-electron chi connectivity index (χ0n) is 11.4. The molecule has 0 spiro atoms. The minimum Gasteiger partial charge on any atom is -0.486 e. The molecule has 1 aliphatic carbocycles. The molecule has 1 heterocycles. The number of hydrogen-bond acceptors (Lipinski definition) is 4. The monoisotopic (exact) mass is 263 g/mol. The molecule has 1 N–H and O–H groups in total. The number of aliphatic hydroxyl groups excluding tert-OH is 1. The zero-order chi connectivity index (χ0) is 13.3. The summed E-state index contributed by atoms with van der Waals surface area (Å²) in [6.45, 7) is 3.39. The summed E-state index contributed by atoms with van der Waals surface area (Å²) in [6.07, 6.45) is 2.30. The van der Waals surface area contributed by atoms with E-state index in [1.165, 1.54) is 5.56 Å². The minimum absolute atomic E-state index is 0.169. The molecule has 19 heavy (non-hydrogen) atoms. The summed E-state index contributed by atoms with van der Waals surface area (Å²) >= 11 is 0. The van der Waals surface area contributed by atoms with Gasteiger partial charge < -0.3 is 19.5 Å². The highest BCUT2D eigenvalue weighted by atomic mass is 16.6. The summed E-state index contributed by atoms with van der Waals surface area (Å²) in [7, 11) is 2.10. The average molecular weight is 263 g/mol. The first kappa shape index (κ1) is 12.8. The Hall–Kier alpha value is -1.26. The van der Waals surface area contributed by atoms with Crippen LogP contribution in [0, 0.1) is 5.41 Å². The molecule has 2 aliphatic rings. The van der Waals surface area contributed by atoms with Gasteiger partial charge in [0.15, 0.2) is 11.5 Å². The lowest BCUT2D eigenvalue weighted by Crippen LogP contribution is -2.28. The molecule has 1 fully saturated rings. The Bertz CT molecular complexity index is 457. The van der Waals surface area contributed by atoms with Crippen molar-refractivity contribution in [3.05, 3.63) is 23.8 Å². The van der Waals surface area contributed by atoms with Crippen LogP contribution in [0.15, 0.2) is 18.2 Å². The molecule has 0 amide bonds. The standard InChI is InChI=1S/C15H21NO3/c1-16(10-15(11-17)4-5-15)9-12-2-3-13-14(8-12)19-7-6-18-13/h2-3,8,17H,4-7,9-11H2,1H3. The fourth-order valence-corrected chi connectivity index (χ4v) is 2.67. The summed E-state index contributed by atoms with van der Waals surface area (Å²) < 4.78 is 11.1. The summed E-state index contributed by atoms with van der Waals surface area (Å²) in [4.78, 5) is 2.27. The van der Waals surface area contributed by atoms with Crippen molar-refractivity contribution in [2.24, 2.45) is 5.41 Å². The van der Waals surface area contributed by atoms with Crippen LogP contribution in [0.5, 0.6) is 11.5 Å². The first-order chi connectivity index (χ1) is 9.21. The van der Waals surface area contributed by atoms with Gasteiger partial charge >= 0.3 is 0 Å². The maximum atomic E-state index is 9.37. The van der Waals surface area contributed by atoms with E-state index in [1.807, 2.05) is 6.07 Å². The highest BCUT2D eigenvalue weighted by Gasteiger charge is 2.42. The quantitative estimate of drug-likeness (QED) is 0.877. The fraction of sp³-hybridized carbons (Fsp3) is 0.600. The van der Waals surface area contributed by atoms with Crippen LogP contribution in [0.3, 0.4) is 0 Å². The molecule has 1 aromatic carbocycles. The second-order valence-electron chi connectivity index (χ2n) is 5.81. The third-order valence-electron chi connectivity index (χ3n) is 3.96. The number of hydrogen-bond donors (Lipinski definition) is 1. The second kappa shape index (κ2) is 5.02. The second-order valence-corrected chi connectivity index (χ2v) is 5.81. The van der Waals surface area contributed by atoms with Gasteiger partial charge in [0.2, 0.25) is 0 Å². The van der Waals surface area contributed by atoms with E-state index in [-0.39, 0.29) is 5.41 Å². The molecule has 0 radical (unpaired) electrons. The maximum absolute atomic E-state index is 9.37. The predicted molar refractivity (Wildman–Crippen MR) is 72.5 cm³/mol. The summed E-state index contributed by atoms with van der Waals surface area (Å²) in [5, 5.41) is 9.37. The van der Waals surface area contributed by atoms with Crippen LogP contribution < -0.4 is 9.47 Å². The van der Waals surface area contributed by atoms with E-state index in [9.17, 15) is 5.11 Å². The van der Waals surface area contributed by atoms with E-state index in [2.05, 4.69) is 24.1 Å². The van der Waals surface area contributed by atoms with E-state index in [0.29, 0.717) is 19.8 Å². The highest BCUT2D eigenvalue weighted by Crippen LogP contribution is 2.45. The molecule has 1 saturated carbocycles. The van der Waals surface area contributed by atoms with Crippen molar-refractivity contribution in [1.29, 1.82) is 0 Å². The molecular formula is C15H21NO3. The zero-order valence-corrected chi connectivity index (χ0v) is 11.4. The van der Waals surface area contributed by atoms with E-state index < -0.39 is 0 Å². The first-order valence-corrected chi connectivity index (χ1v) is 6.89. The molecule has 0 aromatic heterocycles. The molecule has 4 heteroatoms. The smallest absolute Gasteiger partial charge is 0.161 e. The largest absolute Gasteiger partial charge is 0.486 e. The van der Waals surface area contributed by atoms with Crippen LogP contribution >= 0.6 is 0 Å². The molecule has 1 aliphatic heterocycles. The summed E-state index contributed by atoms with van der Waals surface area (Å²) in [6, 6.07) is 6.13. The van der Waals surface area contributed by atoms with E-state index in [1.54, 1.807) is 0 Å². The van der Waals surface area contributed by atoms with Gasteiger partial charge in [0.05, 0.1) is 0 Å². The average Bonchev–Trinajstić information content (AvgIpc) is 3.19. The number of nitrogens with zero attached hydrogens (tertiary/aromatic N) is 1. The van der Waals surface area contributed by atoms with Crippen LogP contribution in [0.2, 0.25) is 0 Å². The lowest BCUT2D eigenvalue weighted by atomic mass is 10.1. The van der Waals surface area contributed by atoms with Crippen LogP contribution in [-0.4, -0.2) is 43.4 Å².